The Hall–Kier alpha value is -2.50. The first kappa shape index (κ1) is 20.8. The van der Waals surface area contributed by atoms with E-state index in [0.29, 0.717) is 30.0 Å². The third kappa shape index (κ3) is 5.25. The Balaban J connectivity index is 0.00000261. The molecule has 3 aromatic rings. The van der Waals surface area contributed by atoms with Gasteiger partial charge < -0.3 is 10.5 Å². The second-order valence-corrected chi connectivity index (χ2v) is 5.89. The van der Waals surface area contributed by atoms with Gasteiger partial charge in [0.2, 0.25) is 0 Å². The van der Waals surface area contributed by atoms with E-state index < -0.39 is 11.7 Å². The van der Waals surface area contributed by atoms with E-state index in [9.17, 15) is 13.2 Å². The standard InChI is InChI=1S/C21H18F3NO.ClH/c22-21(23,24)18-8-4-7-17(12-18)19-10-9-16(13-25)11-20(19)26-14-15-5-2-1-3-6-15;/h1-12H,13-14,25H2;1H. The lowest BCUT2D eigenvalue weighted by Crippen LogP contribution is -2.05. The van der Waals surface area contributed by atoms with Crippen molar-refractivity contribution in [3.63, 3.8) is 0 Å². The van der Waals surface area contributed by atoms with Crippen molar-refractivity contribution < 1.29 is 17.9 Å². The van der Waals surface area contributed by atoms with Crippen LogP contribution in [0.15, 0.2) is 72.8 Å². The van der Waals surface area contributed by atoms with Gasteiger partial charge in [-0.25, -0.2) is 0 Å². The van der Waals surface area contributed by atoms with Gasteiger partial charge in [-0.05, 0) is 34.9 Å². The molecule has 0 unspecified atom stereocenters. The maximum Gasteiger partial charge on any atom is 0.416 e. The second-order valence-electron chi connectivity index (χ2n) is 5.89. The number of halogens is 4. The monoisotopic (exact) mass is 393 g/mol. The molecule has 0 aromatic heterocycles. The predicted molar refractivity (Wildman–Crippen MR) is 103 cm³/mol. The molecule has 0 saturated carbocycles. The number of rotatable bonds is 5. The number of hydrogen-bond acceptors (Lipinski definition) is 2. The number of ether oxygens (including phenoxy) is 1. The van der Waals surface area contributed by atoms with Crippen molar-refractivity contribution in [1.29, 1.82) is 0 Å². The van der Waals surface area contributed by atoms with Gasteiger partial charge in [0, 0.05) is 12.1 Å². The first-order valence-corrected chi connectivity index (χ1v) is 8.15. The average Bonchev–Trinajstić information content (AvgIpc) is 2.66. The molecule has 0 amide bonds. The van der Waals surface area contributed by atoms with Crippen LogP contribution in [0.1, 0.15) is 16.7 Å². The first-order valence-electron chi connectivity index (χ1n) is 8.15. The van der Waals surface area contributed by atoms with E-state index >= 15 is 0 Å². The molecule has 0 fully saturated rings. The fraction of sp³-hybridized carbons (Fsp3) is 0.143. The van der Waals surface area contributed by atoms with Crippen molar-refractivity contribution in [2.45, 2.75) is 19.3 Å². The van der Waals surface area contributed by atoms with Crippen molar-refractivity contribution in [2.24, 2.45) is 5.73 Å². The van der Waals surface area contributed by atoms with Crippen LogP contribution in [-0.4, -0.2) is 0 Å². The summed E-state index contributed by atoms with van der Waals surface area (Å²) in [5.74, 6) is 0.510. The zero-order valence-corrected chi connectivity index (χ0v) is 15.2. The molecule has 27 heavy (non-hydrogen) atoms. The molecule has 0 aliphatic carbocycles. The molecule has 0 aliphatic rings. The summed E-state index contributed by atoms with van der Waals surface area (Å²) in [5, 5.41) is 0. The summed E-state index contributed by atoms with van der Waals surface area (Å²) in [7, 11) is 0. The summed E-state index contributed by atoms with van der Waals surface area (Å²) in [6, 6.07) is 20.1. The highest BCUT2D eigenvalue weighted by Crippen LogP contribution is 2.36. The molecule has 2 N–H and O–H groups in total. The van der Waals surface area contributed by atoms with Crippen LogP contribution in [0.4, 0.5) is 13.2 Å². The highest BCUT2D eigenvalue weighted by molar-refractivity contribution is 5.85. The summed E-state index contributed by atoms with van der Waals surface area (Å²) < 4.78 is 45.0. The van der Waals surface area contributed by atoms with E-state index in [-0.39, 0.29) is 12.4 Å². The number of nitrogens with two attached hydrogens (primary N) is 1. The van der Waals surface area contributed by atoms with Gasteiger partial charge in [0.15, 0.2) is 0 Å². The lowest BCUT2D eigenvalue weighted by molar-refractivity contribution is -0.137. The molecule has 0 radical (unpaired) electrons. The van der Waals surface area contributed by atoms with Crippen molar-refractivity contribution >= 4 is 12.4 Å². The summed E-state index contributed by atoms with van der Waals surface area (Å²) in [4.78, 5) is 0. The molecular weight excluding hydrogens is 375 g/mol. The number of benzene rings is 3. The van der Waals surface area contributed by atoms with Crippen molar-refractivity contribution in [2.75, 3.05) is 0 Å². The quantitative estimate of drug-likeness (QED) is 0.591. The Morgan fingerprint density at radius 1 is 0.815 bits per heavy atom. The van der Waals surface area contributed by atoms with Crippen LogP contribution in [0.25, 0.3) is 11.1 Å². The molecule has 3 aromatic carbocycles. The van der Waals surface area contributed by atoms with Gasteiger partial charge in [-0.2, -0.15) is 13.2 Å². The number of hydrogen-bond donors (Lipinski definition) is 1. The van der Waals surface area contributed by atoms with Crippen LogP contribution in [0.3, 0.4) is 0 Å². The molecule has 142 valence electrons. The summed E-state index contributed by atoms with van der Waals surface area (Å²) in [5.41, 5.74) is 7.88. The largest absolute Gasteiger partial charge is 0.488 e. The maximum atomic E-state index is 13.0. The molecule has 0 bridgehead atoms. The fourth-order valence-electron chi connectivity index (χ4n) is 2.65. The van der Waals surface area contributed by atoms with E-state index in [2.05, 4.69) is 0 Å². The summed E-state index contributed by atoms with van der Waals surface area (Å²) in [6.07, 6.45) is -4.39. The van der Waals surface area contributed by atoms with Crippen LogP contribution < -0.4 is 10.5 Å². The summed E-state index contributed by atoms with van der Waals surface area (Å²) in [6.45, 7) is 0.644. The molecular formula is C21H19ClF3NO. The number of alkyl halides is 3. The minimum atomic E-state index is -4.39. The molecule has 2 nitrogen and oxygen atoms in total. The first-order chi connectivity index (χ1) is 12.5. The van der Waals surface area contributed by atoms with Crippen molar-refractivity contribution in [3.8, 4) is 16.9 Å². The Morgan fingerprint density at radius 3 is 2.22 bits per heavy atom. The topological polar surface area (TPSA) is 35.2 Å². The van der Waals surface area contributed by atoms with Gasteiger partial charge in [-0.1, -0.05) is 54.6 Å². The molecule has 0 spiro atoms. The zero-order valence-electron chi connectivity index (χ0n) is 14.4. The highest BCUT2D eigenvalue weighted by Gasteiger charge is 2.30. The van der Waals surface area contributed by atoms with Gasteiger partial charge in [0.05, 0.1) is 5.56 Å². The third-order valence-corrected chi connectivity index (χ3v) is 4.02. The van der Waals surface area contributed by atoms with Crippen LogP contribution >= 0.6 is 12.4 Å². The fourth-order valence-corrected chi connectivity index (χ4v) is 2.65. The molecule has 0 heterocycles. The van der Waals surface area contributed by atoms with Crippen molar-refractivity contribution in [3.05, 3.63) is 89.5 Å². The Morgan fingerprint density at radius 2 is 1.56 bits per heavy atom. The molecule has 3 rings (SSSR count). The highest BCUT2D eigenvalue weighted by atomic mass is 35.5. The Bertz CT molecular complexity index is 882. The van der Waals surface area contributed by atoms with E-state index in [1.807, 2.05) is 30.3 Å². The van der Waals surface area contributed by atoms with Gasteiger partial charge in [0.25, 0.3) is 0 Å². The van der Waals surface area contributed by atoms with Crippen LogP contribution in [-0.2, 0) is 19.3 Å². The van der Waals surface area contributed by atoms with E-state index in [1.54, 1.807) is 24.3 Å². The van der Waals surface area contributed by atoms with E-state index in [1.165, 1.54) is 6.07 Å². The van der Waals surface area contributed by atoms with Crippen molar-refractivity contribution in [1.82, 2.24) is 0 Å². The summed E-state index contributed by atoms with van der Waals surface area (Å²) >= 11 is 0. The average molecular weight is 394 g/mol. The van der Waals surface area contributed by atoms with Gasteiger partial charge in [-0.3, -0.25) is 0 Å². The second kappa shape index (κ2) is 8.93. The van der Waals surface area contributed by atoms with E-state index in [4.69, 9.17) is 10.5 Å². The van der Waals surface area contributed by atoms with E-state index in [0.717, 1.165) is 23.3 Å². The third-order valence-electron chi connectivity index (χ3n) is 4.02. The lowest BCUT2D eigenvalue weighted by Gasteiger charge is -2.15. The van der Waals surface area contributed by atoms with Gasteiger partial charge in [-0.15, -0.1) is 12.4 Å². The molecule has 6 heteroatoms. The van der Waals surface area contributed by atoms with Crippen LogP contribution in [0.2, 0.25) is 0 Å². The van der Waals surface area contributed by atoms with Crippen LogP contribution in [0.5, 0.6) is 5.75 Å². The smallest absolute Gasteiger partial charge is 0.416 e. The van der Waals surface area contributed by atoms with Crippen LogP contribution in [0, 0.1) is 0 Å². The normalized spacial score (nSPS) is 11.0. The lowest BCUT2D eigenvalue weighted by atomic mass is 10.00. The Kier molecular flexibility index (Phi) is 6.88. The zero-order chi connectivity index (χ0) is 18.6. The predicted octanol–water partition coefficient (Wildman–Crippen LogP) is 5.83. The molecule has 0 aliphatic heterocycles. The molecule has 0 atom stereocenters. The van der Waals surface area contributed by atoms with Gasteiger partial charge >= 0.3 is 6.18 Å². The van der Waals surface area contributed by atoms with Gasteiger partial charge in [0.1, 0.15) is 12.4 Å². The Labute approximate surface area is 162 Å². The minimum Gasteiger partial charge on any atom is -0.488 e. The molecule has 0 saturated heterocycles. The maximum absolute atomic E-state index is 13.0. The minimum absolute atomic E-state index is 0. The SMILES string of the molecule is Cl.NCc1ccc(-c2cccc(C(F)(F)F)c2)c(OCc2ccccc2)c1.